The van der Waals surface area contributed by atoms with Gasteiger partial charge in [-0.3, -0.25) is 14.8 Å². The van der Waals surface area contributed by atoms with E-state index in [0.717, 1.165) is 11.9 Å². The molecule has 0 saturated carbocycles. The number of hydrogen-bond donors (Lipinski definition) is 1. The van der Waals surface area contributed by atoms with Crippen LogP contribution in [0.2, 0.25) is 0 Å². The van der Waals surface area contributed by atoms with E-state index in [1.165, 1.54) is 0 Å². The predicted molar refractivity (Wildman–Crippen MR) is 74.9 cm³/mol. The van der Waals surface area contributed by atoms with E-state index in [4.69, 9.17) is 0 Å². The molecular weight excluding hydrogens is 294 g/mol. The Hall–Kier alpha value is -1.49. The van der Waals surface area contributed by atoms with Gasteiger partial charge in [-0.05, 0) is 18.6 Å². The fraction of sp³-hybridized carbons (Fsp3) is 0.308. The molecule has 1 aromatic heterocycles. The molecule has 0 aliphatic carbocycles. The van der Waals surface area contributed by atoms with Gasteiger partial charge in [-0.1, -0.05) is 28.9 Å². The molecule has 94 valence electrons. The first kappa shape index (κ1) is 13.0. The standard InChI is InChI=1S/C13H14BrN3O/c1-9(14)5-6-17-13(18)10-3-2-4-11-12(10)16-8-7-15-11/h2-4,7-9H,5-6H2,1H3,(H,17,18). The number of carbonyl (C=O) groups is 1. The van der Waals surface area contributed by atoms with E-state index in [9.17, 15) is 4.79 Å². The quantitative estimate of drug-likeness (QED) is 0.883. The number of carbonyl (C=O) groups excluding carboxylic acids is 1. The summed E-state index contributed by atoms with van der Waals surface area (Å²) in [5, 5.41) is 2.89. The maximum Gasteiger partial charge on any atom is 0.253 e. The van der Waals surface area contributed by atoms with Crippen LogP contribution >= 0.6 is 15.9 Å². The maximum absolute atomic E-state index is 12.0. The molecule has 0 spiro atoms. The van der Waals surface area contributed by atoms with E-state index in [1.807, 2.05) is 12.1 Å². The zero-order valence-electron chi connectivity index (χ0n) is 10.1. The molecule has 2 aromatic rings. The molecule has 1 atom stereocenters. The predicted octanol–water partition coefficient (Wildman–Crippen LogP) is 2.53. The highest BCUT2D eigenvalue weighted by molar-refractivity contribution is 9.09. The molecule has 0 fully saturated rings. The lowest BCUT2D eigenvalue weighted by Gasteiger charge is -2.07. The summed E-state index contributed by atoms with van der Waals surface area (Å²) in [5.74, 6) is -0.103. The van der Waals surface area contributed by atoms with Crippen molar-refractivity contribution in [3.8, 4) is 0 Å². The van der Waals surface area contributed by atoms with Crippen molar-refractivity contribution in [1.29, 1.82) is 0 Å². The first-order chi connectivity index (χ1) is 8.68. The number of hydrogen-bond acceptors (Lipinski definition) is 3. The largest absolute Gasteiger partial charge is 0.352 e. The Morgan fingerprint density at radius 3 is 2.94 bits per heavy atom. The van der Waals surface area contributed by atoms with Crippen molar-refractivity contribution in [3.63, 3.8) is 0 Å². The normalized spacial score (nSPS) is 12.3. The van der Waals surface area contributed by atoms with E-state index in [0.29, 0.717) is 22.5 Å². The van der Waals surface area contributed by atoms with Crippen LogP contribution in [0.25, 0.3) is 11.0 Å². The van der Waals surface area contributed by atoms with Crippen LogP contribution in [0.5, 0.6) is 0 Å². The minimum atomic E-state index is -0.103. The van der Waals surface area contributed by atoms with Gasteiger partial charge in [0.1, 0.15) is 5.52 Å². The van der Waals surface area contributed by atoms with Gasteiger partial charge in [0, 0.05) is 23.8 Å². The third-order valence-electron chi connectivity index (χ3n) is 2.57. The summed E-state index contributed by atoms with van der Waals surface area (Å²) in [4.78, 5) is 20.8. The highest BCUT2D eigenvalue weighted by Gasteiger charge is 2.10. The van der Waals surface area contributed by atoms with Gasteiger partial charge >= 0.3 is 0 Å². The van der Waals surface area contributed by atoms with E-state index >= 15 is 0 Å². The Morgan fingerprint density at radius 1 is 1.39 bits per heavy atom. The Morgan fingerprint density at radius 2 is 2.17 bits per heavy atom. The summed E-state index contributed by atoms with van der Waals surface area (Å²) >= 11 is 3.45. The molecule has 0 aliphatic rings. The van der Waals surface area contributed by atoms with Gasteiger partial charge in [-0.15, -0.1) is 0 Å². The van der Waals surface area contributed by atoms with Gasteiger partial charge in [0.05, 0.1) is 11.1 Å². The van der Waals surface area contributed by atoms with Crippen molar-refractivity contribution >= 4 is 32.9 Å². The van der Waals surface area contributed by atoms with E-state index in [2.05, 4.69) is 38.1 Å². The SMILES string of the molecule is CC(Br)CCNC(=O)c1cccc2nccnc12. The van der Waals surface area contributed by atoms with Crippen molar-refractivity contribution < 1.29 is 4.79 Å². The molecule has 1 unspecified atom stereocenters. The first-order valence-electron chi connectivity index (χ1n) is 5.80. The van der Waals surface area contributed by atoms with Crippen LogP contribution in [0, 0.1) is 0 Å². The minimum Gasteiger partial charge on any atom is -0.352 e. The van der Waals surface area contributed by atoms with Crippen LogP contribution < -0.4 is 5.32 Å². The summed E-state index contributed by atoms with van der Waals surface area (Å²) < 4.78 is 0. The van der Waals surface area contributed by atoms with Gasteiger partial charge in [0.2, 0.25) is 0 Å². The molecule has 0 aliphatic heterocycles. The number of para-hydroxylation sites is 1. The Bertz CT molecular complexity index is 551. The molecule has 18 heavy (non-hydrogen) atoms. The number of amides is 1. The molecular formula is C13H14BrN3O. The number of fused-ring (bicyclic) bond motifs is 1. The highest BCUT2D eigenvalue weighted by Crippen LogP contribution is 2.13. The number of aromatic nitrogens is 2. The molecule has 1 heterocycles. The molecule has 0 saturated heterocycles. The highest BCUT2D eigenvalue weighted by atomic mass is 79.9. The van der Waals surface area contributed by atoms with Crippen LogP contribution in [0.4, 0.5) is 0 Å². The van der Waals surface area contributed by atoms with Gasteiger partial charge < -0.3 is 5.32 Å². The second kappa shape index (κ2) is 5.91. The molecule has 5 heteroatoms. The molecule has 4 nitrogen and oxygen atoms in total. The van der Waals surface area contributed by atoms with Crippen molar-refractivity contribution in [2.24, 2.45) is 0 Å². The van der Waals surface area contributed by atoms with Gasteiger partial charge in [-0.2, -0.15) is 0 Å². The second-order valence-electron chi connectivity index (χ2n) is 4.05. The summed E-state index contributed by atoms with van der Waals surface area (Å²) in [6.07, 6.45) is 4.11. The van der Waals surface area contributed by atoms with Crippen LogP contribution in [-0.2, 0) is 0 Å². The summed E-state index contributed by atoms with van der Waals surface area (Å²) in [6, 6.07) is 5.43. The van der Waals surface area contributed by atoms with Crippen LogP contribution in [0.15, 0.2) is 30.6 Å². The number of nitrogens with zero attached hydrogens (tertiary/aromatic N) is 2. The number of rotatable bonds is 4. The molecule has 0 radical (unpaired) electrons. The van der Waals surface area contributed by atoms with E-state index < -0.39 is 0 Å². The molecule has 0 bridgehead atoms. The zero-order valence-corrected chi connectivity index (χ0v) is 11.6. The number of alkyl halides is 1. The number of benzene rings is 1. The molecule has 2 rings (SSSR count). The topological polar surface area (TPSA) is 54.9 Å². The lowest BCUT2D eigenvalue weighted by atomic mass is 10.1. The van der Waals surface area contributed by atoms with Gasteiger partial charge in [-0.25, -0.2) is 0 Å². The van der Waals surface area contributed by atoms with E-state index in [-0.39, 0.29) is 5.91 Å². The number of nitrogens with one attached hydrogen (secondary N) is 1. The maximum atomic E-state index is 12.0. The fourth-order valence-corrected chi connectivity index (χ4v) is 1.88. The third-order valence-corrected chi connectivity index (χ3v) is 3.03. The minimum absolute atomic E-state index is 0.103. The molecule has 1 aromatic carbocycles. The monoisotopic (exact) mass is 307 g/mol. The molecule has 1 N–H and O–H groups in total. The second-order valence-corrected chi connectivity index (χ2v) is 5.62. The average molecular weight is 308 g/mol. The Kier molecular flexibility index (Phi) is 4.25. The molecule has 1 amide bonds. The fourth-order valence-electron chi connectivity index (χ4n) is 1.66. The smallest absolute Gasteiger partial charge is 0.253 e. The number of halogens is 1. The summed E-state index contributed by atoms with van der Waals surface area (Å²) in [7, 11) is 0. The van der Waals surface area contributed by atoms with Crippen molar-refractivity contribution in [2.45, 2.75) is 18.2 Å². The Balaban J connectivity index is 2.17. The van der Waals surface area contributed by atoms with Crippen molar-refractivity contribution in [2.75, 3.05) is 6.54 Å². The summed E-state index contributed by atoms with van der Waals surface area (Å²) in [6.45, 7) is 2.69. The third kappa shape index (κ3) is 3.04. The van der Waals surface area contributed by atoms with Crippen molar-refractivity contribution in [1.82, 2.24) is 15.3 Å². The van der Waals surface area contributed by atoms with Crippen molar-refractivity contribution in [3.05, 3.63) is 36.2 Å². The van der Waals surface area contributed by atoms with Gasteiger partial charge in [0.25, 0.3) is 5.91 Å². The zero-order chi connectivity index (χ0) is 13.0. The Labute approximate surface area is 114 Å². The van der Waals surface area contributed by atoms with Crippen LogP contribution in [-0.4, -0.2) is 27.2 Å². The average Bonchev–Trinajstić information content (AvgIpc) is 2.37. The van der Waals surface area contributed by atoms with E-state index in [1.54, 1.807) is 18.5 Å². The van der Waals surface area contributed by atoms with Gasteiger partial charge in [0.15, 0.2) is 0 Å². The van der Waals surface area contributed by atoms with Crippen LogP contribution in [0.3, 0.4) is 0 Å². The summed E-state index contributed by atoms with van der Waals surface area (Å²) in [5.41, 5.74) is 1.95. The van der Waals surface area contributed by atoms with Crippen LogP contribution in [0.1, 0.15) is 23.7 Å². The lowest BCUT2D eigenvalue weighted by molar-refractivity contribution is 0.0955. The lowest BCUT2D eigenvalue weighted by Crippen LogP contribution is -2.26. The first-order valence-corrected chi connectivity index (χ1v) is 6.72.